The molecule has 1 rings (SSSR count). The van der Waals surface area contributed by atoms with Crippen LogP contribution in [0.4, 0.5) is 17.3 Å². The van der Waals surface area contributed by atoms with E-state index in [0.29, 0.717) is 11.6 Å². The van der Waals surface area contributed by atoms with E-state index in [4.69, 9.17) is 5.26 Å². The van der Waals surface area contributed by atoms with Crippen molar-refractivity contribution in [3.05, 3.63) is 41.1 Å². The van der Waals surface area contributed by atoms with Gasteiger partial charge in [-0.05, 0) is 17.7 Å². The third kappa shape index (κ3) is 3.13. The number of nitriles is 1. The summed E-state index contributed by atoms with van der Waals surface area (Å²) in [6.07, 6.45) is 0.404. The summed E-state index contributed by atoms with van der Waals surface area (Å²) in [7, 11) is 0. The Balaban J connectivity index is 2.96. The second kappa shape index (κ2) is 4.17. The molecule has 0 saturated heterocycles. The zero-order valence-corrected chi connectivity index (χ0v) is 7.42. The minimum Gasteiger partial charge on any atom is -0.443 e. The molecule has 0 aromatic heterocycles. The first-order chi connectivity index (χ1) is 6.93. The summed E-state index contributed by atoms with van der Waals surface area (Å²) in [4.78, 5) is 0. The molecule has 0 N–H and O–H groups in total. The fraction of sp³-hybridized carbons (Fsp3) is 0. The Morgan fingerprint density at radius 2 is 1.73 bits per heavy atom. The molecule has 0 fully saturated rings. The highest BCUT2D eigenvalue weighted by molar-refractivity contribution is 6.66. The van der Waals surface area contributed by atoms with E-state index in [-0.39, 0.29) is 5.56 Å². The first-order valence-electron chi connectivity index (χ1n) is 4.00. The van der Waals surface area contributed by atoms with Crippen molar-refractivity contribution < 1.29 is 17.3 Å². The fourth-order valence-corrected chi connectivity index (χ4v) is 0.908. The molecule has 0 bridgehead atoms. The van der Waals surface area contributed by atoms with Crippen molar-refractivity contribution in [1.82, 2.24) is 0 Å². The Bertz CT molecular complexity index is 413. The van der Waals surface area contributed by atoms with Crippen LogP contribution in [0.3, 0.4) is 0 Å². The molecule has 0 amide bonds. The van der Waals surface area contributed by atoms with Crippen molar-refractivity contribution in [2.45, 2.75) is 0 Å². The van der Waals surface area contributed by atoms with Gasteiger partial charge in [0.05, 0.1) is 11.6 Å². The largest absolute Gasteiger partial charge is 0.537 e. The van der Waals surface area contributed by atoms with Crippen LogP contribution in [0.15, 0.2) is 30.0 Å². The predicted molar refractivity (Wildman–Crippen MR) is 49.3 cm³/mol. The summed E-state index contributed by atoms with van der Waals surface area (Å²) in [5.41, 5.74) is -1.71. The van der Waals surface area contributed by atoms with Crippen molar-refractivity contribution >= 4 is 13.1 Å². The average molecular weight is 214 g/mol. The maximum Gasteiger partial charge on any atom is 0.537 e. The first-order valence-corrected chi connectivity index (χ1v) is 4.00. The number of rotatable bonds is 2. The van der Waals surface area contributed by atoms with Crippen molar-refractivity contribution in [3.63, 3.8) is 0 Å². The smallest absolute Gasteiger partial charge is 0.443 e. The maximum atomic E-state index is 12.5. The van der Waals surface area contributed by atoms with Crippen LogP contribution >= 0.6 is 0 Å². The van der Waals surface area contributed by atoms with E-state index in [2.05, 4.69) is 0 Å². The van der Waals surface area contributed by atoms with E-state index in [1.165, 1.54) is 24.3 Å². The highest BCUT2D eigenvalue weighted by Gasteiger charge is 2.29. The molecule has 0 unspecified atom stereocenters. The predicted octanol–water partition coefficient (Wildman–Crippen LogP) is 3.26. The standard InChI is InChI=1S/C9H5BF4N/c11-9(10(12,13)14)5-7-1-3-8(6-15)4-2-7/h1-5H/q-1/b9-5-. The van der Waals surface area contributed by atoms with Gasteiger partial charge in [-0.3, -0.25) is 0 Å². The van der Waals surface area contributed by atoms with Gasteiger partial charge in [0.25, 0.3) is 0 Å². The summed E-state index contributed by atoms with van der Waals surface area (Å²) in [6.45, 7) is -5.58. The summed E-state index contributed by atoms with van der Waals surface area (Å²) < 4.78 is 48.0. The molecule has 15 heavy (non-hydrogen) atoms. The Morgan fingerprint density at radius 3 is 2.13 bits per heavy atom. The van der Waals surface area contributed by atoms with Crippen LogP contribution in [0.5, 0.6) is 0 Å². The van der Waals surface area contributed by atoms with Crippen LogP contribution in [0.25, 0.3) is 6.08 Å². The summed E-state index contributed by atoms with van der Waals surface area (Å²) in [6, 6.07) is 6.95. The molecule has 0 aliphatic rings. The number of halogens is 4. The lowest BCUT2D eigenvalue weighted by molar-refractivity contribution is 0.454. The molecule has 0 spiro atoms. The maximum absolute atomic E-state index is 12.5. The van der Waals surface area contributed by atoms with Crippen LogP contribution in [-0.4, -0.2) is 6.98 Å². The first kappa shape index (κ1) is 11.3. The van der Waals surface area contributed by atoms with Gasteiger partial charge in [-0.25, -0.2) is 4.39 Å². The molecule has 0 radical (unpaired) electrons. The van der Waals surface area contributed by atoms with Gasteiger partial charge >= 0.3 is 6.98 Å². The quantitative estimate of drug-likeness (QED) is 0.547. The molecule has 0 saturated carbocycles. The number of nitrogens with zero attached hydrogens (tertiary/aromatic N) is 1. The highest BCUT2D eigenvalue weighted by Crippen LogP contribution is 2.23. The van der Waals surface area contributed by atoms with Crippen molar-refractivity contribution in [2.24, 2.45) is 0 Å². The summed E-state index contributed by atoms with van der Waals surface area (Å²) in [5.74, 6) is 0. The van der Waals surface area contributed by atoms with Crippen LogP contribution < -0.4 is 0 Å². The Labute approximate surface area is 83.7 Å². The van der Waals surface area contributed by atoms with Gasteiger partial charge in [-0.1, -0.05) is 18.2 Å². The van der Waals surface area contributed by atoms with Gasteiger partial charge in [-0.2, -0.15) is 5.26 Å². The Morgan fingerprint density at radius 1 is 1.20 bits per heavy atom. The molecular formula is C9H5BF4N-. The molecule has 1 aromatic rings. The Hall–Kier alpha value is -1.77. The molecule has 0 aliphatic carbocycles. The van der Waals surface area contributed by atoms with Crippen LogP contribution in [-0.2, 0) is 0 Å². The van der Waals surface area contributed by atoms with Crippen molar-refractivity contribution in [2.75, 3.05) is 0 Å². The van der Waals surface area contributed by atoms with Crippen molar-refractivity contribution in [3.8, 4) is 6.07 Å². The molecule has 0 atom stereocenters. The van der Waals surface area contributed by atoms with E-state index < -0.39 is 12.7 Å². The third-order valence-corrected chi connectivity index (χ3v) is 1.66. The summed E-state index contributed by atoms with van der Waals surface area (Å²) >= 11 is 0. The normalized spacial score (nSPS) is 12.3. The van der Waals surface area contributed by atoms with Crippen LogP contribution in [0.1, 0.15) is 11.1 Å². The molecule has 0 heterocycles. The van der Waals surface area contributed by atoms with E-state index in [1.807, 2.05) is 0 Å². The fourth-order valence-electron chi connectivity index (χ4n) is 0.908. The van der Waals surface area contributed by atoms with Gasteiger partial charge in [-0.15, -0.1) is 0 Å². The molecule has 1 nitrogen and oxygen atoms in total. The zero-order valence-electron chi connectivity index (χ0n) is 7.42. The van der Waals surface area contributed by atoms with Gasteiger partial charge < -0.3 is 12.9 Å². The number of hydrogen-bond acceptors (Lipinski definition) is 1. The minimum atomic E-state index is -5.58. The molecule has 78 valence electrons. The van der Waals surface area contributed by atoms with E-state index in [1.54, 1.807) is 6.07 Å². The molecule has 0 aliphatic heterocycles. The van der Waals surface area contributed by atoms with E-state index in [9.17, 15) is 17.3 Å². The summed E-state index contributed by atoms with van der Waals surface area (Å²) in [5, 5.41) is 8.42. The van der Waals surface area contributed by atoms with Gasteiger partial charge in [0, 0.05) is 5.73 Å². The van der Waals surface area contributed by atoms with Gasteiger partial charge in [0.1, 0.15) is 0 Å². The monoisotopic (exact) mass is 214 g/mol. The highest BCUT2D eigenvalue weighted by atomic mass is 19.4. The lowest BCUT2D eigenvalue weighted by Crippen LogP contribution is -2.15. The van der Waals surface area contributed by atoms with E-state index >= 15 is 0 Å². The van der Waals surface area contributed by atoms with Crippen molar-refractivity contribution in [1.29, 1.82) is 5.26 Å². The van der Waals surface area contributed by atoms with Gasteiger partial charge in [0.2, 0.25) is 0 Å². The van der Waals surface area contributed by atoms with E-state index in [0.717, 1.165) is 0 Å². The minimum absolute atomic E-state index is 0.0747. The molecule has 6 heteroatoms. The zero-order chi connectivity index (χ0) is 11.5. The topological polar surface area (TPSA) is 23.8 Å². The second-order valence-corrected chi connectivity index (χ2v) is 2.84. The lowest BCUT2D eigenvalue weighted by Gasteiger charge is -2.10. The molecular weight excluding hydrogens is 209 g/mol. The average Bonchev–Trinajstić information content (AvgIpc) is 2.17. The Kier molecular flexibility index (Phi) is 3.15. The SMILES string of the molecule is N#Cc1ccc(/C=C(\F)[B-](F)(F)F)cc1. The lowest BCUT2D eigenvalue weighted by atomic mass is 9.88. The third-order valence-electron chi connectivity index (χ3n) is 1.66. The number of hydrogen-bond donors (Lipinski definition) is 0. The van der Waals surface area contributed by atoms with Crippen LogP contribution in [0.2, 0.25) is 0 Å². The van der Waals surface area contributed by atoms with Gasteiger partial charge in [0.15, 0.2) is 0 Å². The second-order valence-electron chi connectivity index (χ2n) is 2.84. The number of benzene rings is 1. The molecule has 1 aromatic carbocycles. The van der Waals surface area contributed by atoms with Crippen LogP contribution in [0, 0.1) is 11.3 Å².